The van der Waals surface area contributed by atoms with Crippen molar-refractivity contribution >= 4 is 128 Å². The third-order valence-corrected chi connectivity index (χ3v) is 7.66. The van der Waals surface area contributed by atoms with Crippen LogP contribution in [0.1, 0.15) is 0 Å². The van der Waals surface area contributed by atoms with Gasteiger partial charge in [0.1, 0.15) is 62.8 Å². The van der Waals surface area contributed by atoms with Gasteiger partial charge < -0.3 is 0 Å². The molecule has 0 amide bonds. The highest BCUT2D eigenvalue weighted by molar-refractivity contribution is 6.71. The second-order valence-electron chi connectivity index (χ2n) is 9.87. The van der Waals surface area contributed by atoms with E-state index in [0.717, 1.165) is 22.3 Å². The Labute approximate surface area is 245 Å². The molecule has 0 heterocycles. The molecule has 0 saturated carbocycles. The lowest BCUT2D eigenvalue weighted by atomic mass is 9.59. The Hall–Kier alpha value is -3.64. The van der Waals surface area contributed by atoms with Crippen molar-refractivity contribution in [3.8, 4) is 33.4 Å². The van der Waals surface area contributed by atoms with Crippen LogP contribution >= 0.6 is 0 Å². The average molecular weight is 485 g/mol. The summed E-state index contributed by atoms with van der Waals surface area (Å²) < 4.78 is 0. The summed E-state index contributed by atoms with van der Waals surface area (Å²) in [6, 6.07) is 27.8. The van der Waals surface area contributed by atoms with E-state index in [1.165, 1.54) is 0 Å². The van der Waals surface area contributed by atoms with Crippen LogP contribution in [-0.4, -0.2) is 62.8 Å². The number of hydrogen-bond donors (Lipinski definition) is 0. The zero-order valence-electron chi connectivity index (χ0n) is 21.7. The Balaban J connectivity index is 1.87. The van der Waals surface area contributed by atoms with Crippen molar-refractivity contribution < 1.29 is 0 Å². The van der Waals surface area contributed by atoms with Crippen LogP contribution in [-0.2, 0) is 0 Å². The predicted molar refractivity (Wildman–Crippen MR) is 181 cm³/mol. The first kappa shape index (κ1) is 26.6. The molecule has 0 nitrogen and oxygen atoms in total. The van der Waals surface area contributed by atoms with Gasteiger partial charge in [-0.15, -0.1) is 21.9 Å². The Morgan fingerprint density at radius 1 is 0.250 bits per heavy atom. The van der Waals surface area contributed by atoms with Crippen LogP contribution in [0, 0.1) is 0 Å². The highest BCUT2D eigenvalue weighted by Gasteiger charge is 2.24. The second-order valence-corrected chi connectivity index (χ2v) is 9.87. The molecule has 0 aromatic heterocycles. The zero-order chi connectivity index (χ0) is 28.3. The highest BCUT2D eigenvalue weighted by atomic mass is 14.2. The molecule has 16 radical (unpaired) electrons. The molecular weight excluding hydrogens is 471 g/mol. The molecule has 0 aliphatic carbocycles. The number of fused-ring (bicyclic) bond motifs is 2. The summed E-state index contributed by atoms with van der Waals surface area (Å²) in [5.74, 6) is 0. The van der Waals surface area contributed by atoms with E-state index < -0.39 is 0 Å². The highest BCUT2D eigenvalue weighted by Crippen LogP contribution is 2.40. The monoisotopic (exact) mass is 486 g/mol. The molecule has 6 aromatic carbocycles. The van der Waals surface area contributed by atoms with E-state index in [9.17, 15) is 0 Å². The van der Waals surface area contributed by atoms with E-state index >= 15 is 0 Å². The Morgan fingerprint density at radius 2 is 0.500 bits per heavy atom. The van der Waals surface area contributed by atoms with Gasteiger partial charge in [0.2, 0.25) is 0 Å². The molecule has 0 fully saturated rings. The predicted octanol–water partition coefficient (Wildman–Crippen LogP) is -0.656. The molecule has 0 spiro atoms. The Kier molecular flexibility index (Phi) is 6.70. The fraction of sp³-hybridized carbons (Fsp3) is 0. The smallest absolute Gasteiger partial charge is 0.110 e. The molecule has 0 bridgehead atoms. The van der Waals surface area contributed by atoms with Crippen LogP contribution < -0.4 is 43.7 Å². The third kappa shape index (κ3) is 3.95. The van der Waals surface area contributed by atoms with Gasteiger partial charge in [-0.3, -0.25) is 0 Å². The fourth-order valence-electron chi connectivity index (χ4n) is 5.59. The summed E-state index contributed by atoms with van der Waals surface area (Å²) in [7, 11) is 52.6. The molecule has 0 saturated heterocycles. The topological polar surface area (TPSA) is 0 Å². The molecule has 0 aliphatic rings. The first-order chi connectivity index (χ1) is 19.2. The van der Waals surface area contributed by atoms with Crippen LogP contribution in [0.2, 0.25) is 0 Å². The standard InChI is InChI=1S/C32H14B8/c33-25-21-19(17-9-5-2-6-10-17)22-24(28(36)32(40)30(38)26(22)34)20(23(21)27(35)31(39)29(25)37)18-13-11-16(12-14-18)15-7-3-1-4-8-15/h1-14H. The summed E-state index contributed by atoms with van der Waals surface area (Å²) in [5.41, 5.74) is 7.11. The Morgan fingerprint density at radius 3 is 0.850 bits per heavy atom. The van der Waals surface area contributed by atoms with Gasteiger partial charge in [-0.2, -0.15) is 0 Å². The van der Waals surface area contributed by atoms with E-state index in [1.54, 1.807) is 0 Å². The van der Waals surface area contributed by atoms with Gasteiger partial charge in [0, 0.05) is 0 Å². The van der Waals surface area contributed by atoms with Crippen LogP contribution in [0.25, 0.3) is 54.9 Å². The van der Waals surface area contributed by atoms with Crippen molar-refractivity contribution in [1.82, 2.24) is 0 Å². The first-order valence-electron chi connectivity index (χ1n) is 12.7. The van der Waals surface area contributed by atoms with Gasteiger partial charge in [0.25, 0.3) is 0 Å². The van der Waals surface area contributed by atoms with Gasteiger partial charge in [-0.25, -0.2) is 0 Å². The lowest BCUT2D eigenvalue weighted by Crippen LogP contribution is -2.50. The van der Waals surface area contributed by atoms with Crippen molar-refractivity contribution in [2.75, 3.05) is 0 Å². The van der Waals surface area contributed by atoms with Crippen molar-refractivity contribution in [1.29, 1.82) is 0 Å². The minimum Gasteiger partial charge on any atom is -0.110 e. The summed E-state index contributed by atoms with van der Waals surface area (Å²) in [4.78, 5) is 0. The fourth-order valence-corrected chi connectivity index (χ4v) is 5.59. The van der Waals surface area contributed by atoms with Gasteiger partial charge in [-0.05, 0) is 54.9 Å². The van der Waals surface area contributed by atoms with Crippen molar-refractivity contribution in [3.63, 3.8) is 0 Å². The number of hydrogen-bond acceptors (Lipinski definition) is 0. The summed E-state index contributed by atoms with van der Waals surface area (Å²) in [6.45, 7) is 0. The van der Waals surface area contributed by atoms with Crippen molar-refractivity contribution in [2.45, 2.75) is 0 Å². The van der Waals surface area contributed by atoms with Gasteiger partial charge in [0.15, 0.2) is 0 Å². The molecule has 8 heteroatoms. The molecule has 0 aliphatic heterocycles. The molecule has 0 unspecified atom stereocenters. The maximum Gasteiger partial charge on any atom is 0.113 e. The van der Waals surface area contributed by atoms with Crippen LogP contribution in [0.5, 0.6) is 0 Å². The van der Waals surface area contributed by atoms with Gasteiger partial charge in [0.05, 0.1) is 0 Å². The third-order valence-electron chi connectivity index (χ3n) is 7.66. The Bertz CT molecular complexity index is 1870. The second kappa shape index (κ2) is 10.1. The van der Waals surface area contributed by atoms with Crippen LogP contribution in [0.3, 0.4) is 0 Å². The van der Waals surface area contributed by atoms with E-state index in [0.29, 0.717) is 32.7 Å². The van der Waals surface area contributed by atoms with Gasteiger partial charge >= 0.3 is 0 Å². The molecule has 166 valence electrons. The summed E-state index contributed by atoms with van der Waals surface area (Å²) >= 11 is 0. The lowest BCUT2D eigenvalue weighted by molar-refractivity contribution is 1.61. The molecule has 6 aromatic rings. The molecule has 0 atom stereocenters. The minimum atomic E-state index is 0.195. The number of rotatable bonds is 3. The molecule has 40 heavy (non-hydrogen) atoms. The van der Waals surface area contributed by atoms with Crippen molar-refractivity contribution in [2.24, 2.45) is 0 Å². The largest absolute Gasteiger partial charge is 0.113 e. The van der Waals surface area contributed by atoms with E-state index in [1.807, 2.05) is 72.8 Å². The van der Waals surface area contributed by atoms with Crippen LogP contribution in [0.4, 0.5) is 0 Å². The lowest BCUT2D eigenvalue weighted by Gasteiger charge is -2.28. The van der Waals surface area contributed by atoms with E-state index in [2.05, 4.69) is 12.1 Å². The zero-order valence-corrected chi connectivity index (χ0v) is 21.7. The van der Waals surface area contributed by atoms with E-state index in [4.69, 9.17) is 62.8 Å². The van der Waals surface area contributed by atoms with Crippen LogP contribution in [0.15, 0.2) is 84.9 Å². The molecular formula is C32H14B8. The quantitative estimate of drug-likeness (QED) is 0.231. The van der Waals surface area contributed by atoms with E-state index in [-0.39, 0.29) is 43.7 Å². The summed E-state index contributed by atoms with van der Waals surface area (Å²) in [6.07, 6.45) is 0. The molecule has 0 N–H and O–H groups in total. The number of benzene rings is 6. The van der Waals surface area contributed by atoms with Gasteiger partial charge in [-0.1, -0.05) is 107 Å². The molecule has 6 rings (SSSR count). The maximum absolute atomic E-state index is 6.75. The maximum atomic E-state index is 6.75. The average Bonchev–Trinajstić information content (AvgIpc) is 3.00. The SMILES string of the molecule is [B]c1c([B])c([B])c2c(-c3ccc(-c4ccccc4)cc3)c3c([B])c([B])c([B])c([B])c3c(-c3ccccc3)c2c1[B]. The minimum absolute atomic E-state index is 0.195. The van der Waals surface area contributed by atoms with Crippen molar-refractivity contribution in [3.05, 3.63) is 84.9 Å². The normalized spacial score (nSPS) is 11.3. The summed E-state index contributed by atoms with van der Waals surface area (Å²) in [5, 5.41) is 2.44. The first-order valence-corrected chi connectivity index (χ1v) is 12.7.